The van der Waals surface area contributed by atoms with Crippen molar-refractivity contribution in [2.24, 2.45) is 0 Å². The second-order valence-corrected chi connectivity index (χ2v) is 6.64. The molecule has 1 fully saturated rings. The van der Waals surface area contributed by atoms with Gasteiger partial charge in [0.15, 0.2) is 0 Å². The Morgan fingerprint density at radius 3 is 2.44 bits per heavy atom. The number of alkyl halides is 1. The fraction of sp³-hybridized carbons (Fsp3) is 0.600. The minimum atomic E-state index is 0.714. The molecule has 100 valence electrons. The van der Waals surface area contributed by atoms with Crippen molar-refractivity contribution in [2.75, 3.05) is 11.9 Å². The first-order valence-corrected chi connectivity index (χ1v) is 8.71. The van der Waals surface area contributed by atoms with Gasteiger partial charge in [0.2, 0.25) is 0 Å². The summed E-state index contributed by atoms with van der Waals surface area (Å²) in [6.45, 7) is 0. The van der Waals surface area contributed by atoms with Crippen LogP contribution < -0.4 is 4.90 Å². The first-order chi connectivity index (χ1) is 8.72. The largest absolute Gasteiger partial charge is 0.371 e. The van der Waals surface area contributed by atoms with Gasteiger partial charge in [0.1, 0.15) is 0 Å². The standard InChI is InChI=1S/C15H21Br2N/c1-18(14-6-4-2-3-5-7-14)15-9-8-13(17)10-12(15)11-16/h8-10,14H,2-7,11H2,1H3. The maximum atomic E-state index is 3.60. The van der Waals surface area contributed by atoms with E-state index < -0.39 is 0 Å². The monoisotopic (exact) mass is 373 g/mol. The summed E-state index contributed by atoms with van der Waals surface area (Å²) < 4.78 is 1.16. The molecule has 3 heteroatoms. The molecule has 0 amide bonds. The molecule has 0 N–H and O–H groups in total. The lowest BCUT2D eigenvalue weighted by Crippen LogP contribution is -2.31. The summed E-state index contributed by atoms with van der Waals surface area (Å²) in [6.07, 6.45) is 8.28. The number of hydrogen-bond acceptors (Lipinski definition) is 1. The van der Waals surface area contributed by atoms with Crippen LogP contribution >= 0.6 is 31.9 Å². The van der Waals surface area contributed by atoms with Crippen molar-refractivity contribution in [1.82, 2.24) is 0 Å². The Labute approximate surface area is 127 Å². The molecule has 0 atom stereocenters. The van der Waals surface area contributed by atoms with Gasteiger partial charge in [0.05, 0.1) is 0 Å². The van der Waals surface area contributed by atoms with E-state index in [1.54, 1.807) is 0 Å². The SMILES string of the molecule is CN(c1ccc(Br)cc1CBr)C1CCCCCC1. The van der Waals surface area contributed by atoms with Crippen molar-refractivity contribution in [3.8, 4) is 0 Å². The quantitative estimate of drug-likeness (QED) is 0.498. The normalized spacial score (nSPS) is 17.5. The predicted octanol–water partition coefficient (Wildman–Crippen LogP) is 5.50. The minimum Gasteiger partial charge on any atom is -0.371 e. The molecule has 1 aliphatic carbocycles. The maximum absolute atomic E-state index is 3.60. The number of benzene rings is 1. The predicted molar refractivity (Wildman–Crippen MR) is 86.7 cm³/mol. The van der Waals surface area contributed by atoms with Crippen LogP contribution in [-0.2, 0) is 5.33 Å². The van der Waals surface area contributed by atoms with Crippen molar-refractivity contribution in [3.05, 3.63) is 28.2 Å². The van der Waals surface area contributed by atoms with Crippen LogP contribution in [-0.4, -0.2) is 13.1 Å². The van der Waals surface area contributed by atoms with E-state index in [1.807, 2.05) is 0 Å². The first kappa shape index (κ1) is 14.4. The van der Waals surface area contributed by atoms with Gasteiger partial charge in [-0.1, -0.05) is 57.5 Å². The zero-order chi connectivity index (χ0) is 13.0. The third kappa shape index (κ3) is 3.51. The summed E-state index contributed by atoms with van der Waals surface area (Å²) in [7, 11) is 2.26. The third-order valence-corrected chi connectivity index (χ3v) is 5.04. The summed E-state index contributed by atoms with van der Waals surface area (Å²) in [5.74, 6) is 0. The van der Waals surface area contributed by atoms with Gasteiger partial charge in [0.25, 0.3) is 0 Å². The molecule has 2 rings (SSSR count). The van der Waals surface area contributed by atoms with Crippen LogP contribution in [0.1, 0.15) is 44.1 Å². The van der Waals surface area contributed by atoms with E-state index in [0.29, 0.717) is 6.04 Å². The molecule has 18 heavy (non-hydrogen) atoms. The number of hydrogen-bond donors (Lipinski definition) is 0. The summed E-state index contributed by atoms with van der Waals surface area (Å²) in [5, 5.41) is 0.916. The Bertz CT molecular complexity index is 384. The molecule has 1 aromatic carbocycles. The third-order valence-electron chi connectivity index (χ3n) is 3.94. The van der Waals surface area contributed by atoms with Crippen molar-refractivity contribution < 1.29 is 0 Å². The Morgan fingerprint density at radius 2 is 1.83 bits per heavy atom. The zero-order valence-corrected chi connectivity index (χ0v) is 14.1. The topological polar surface area (TPSA) is 3.24 Å². The smallest absolute Gasteiger partial charge is 0.0408 e. The molecule has 1 aliphatic rings. The van der Waals surface area contributed by atoms with Crippen molar-refractivity contribution >= 4 is 37.5 Å². The van der Waals surface area contributed by atoms with E-state index in [4.69, 9.17) is 0 Å². The molecule has 0 heterocycles. The number of nitrogens with zero attached hydrogens (tertiary/aromatic N) is 1. The summed E-state index contributed by atoms with van der Waals surface area (Å²) in [6, 6.07) is 7.32. The molecule has 0 radical (unpaired) electrons. The van der Waals surface area contributed by atoms with Gasteiger partial charge in [0, 0.05) is 28.6 Å². The highest BCUT2D eigenvalue weighted by Crippen LogP contribution is 2.30. The van der Waals surface area contributed by atoms with Crippen LogP contribution in [0.15, 0.2) is 22.7 Å². The first-order valence-electron chi connectivity index (χ1n) is 6.79. The second kappa shape index (κ2) is 6.95. The van der Waals surface area contributed by atoms with Gasteiger partial charge >= 0.3 is 0 Å². The number of halogens is 2. The summed E-state index contributed by atoms with van der Waals surface area (Å²) >= 11 is 7.16. The molecule has 1 nitrogen and oxygen atoms in total. The highest BCUT2D eigenvalue weighted by atomic mass is 79.9. The van der Waals surface area contributed by atoms with Gasteiger partial charge in [-0.05, 0) is 36.6 Å². The average molecular weight is 375 g/mol. The lowest BCUT2D eigenvalue weighted by atomic mass is 10.1. The fourth-order valence-electron chi connectivity index (χ4n) is 2.85. The van der Waals surface area contributed by atoms with Crippen molar-refractivity contribution in [2.45, 2.75) is 49.9 Å². The van der Waals surface area contributed by atoms with Gasteiger partial charge in [-0.2, -0.15) is 0 Å². The summed E-state index contributed by atoms with van der Waals surface area (Å²) in [4.78, 5) is 2.49. The van der Waals surface area contributed by atoms with Gasteiger partial charge < -0.3 is 4.90 Å². The van der Waals surface area contributed by atoms with E-state index in [1.165, 1.54) is 49.8 Å². The molecule has 1 saturated carbocycles. The molecule has 0 aromatic heterocycles. The zero-order valence-electron chi connectivity index (χ0n) is 11.0. The van der Waals surface area contributed by atoms with E-state index in [2.05, 4.69) is 62.0 Å². The van der Waals surface area contributed by atoms with Gasteiger partial charge in [-0.3, -0.25) is 0 Å². The fourth-order valence-corrected chi connectivity index (χ4v) is 3.70. The van der Waals surface area contributed by atoms with Crippen LogP contribution in [0.3, 0.4) is 0 Å². The van der Waals surface area contributed by atoms with Crippen LogP contribution in [0.4, 0.5) is 5.69 Å². The average Bonchev–Trinajstić information content (AvgIpc) is 2.66. The molecule has 0 bridgehead atoms. The minimum absolute atomic E-state index is 0.714. The lowest BCUT2D eigenvalue weighted by Gasteiger charge is -2.31. The molecule has 0 spiro atoms. The Morgan fingerprint density at radius 1 is 1.17 bits per heavy atom. The Kier molecular flexibility index (Phi) is 5.56. The van der Waals surface area contributed by atoms with Gasteiger partial charge in [-0.25, -0.2) is 0 Å². The van der Waals surface area contributed by atoms with E-state index in [9.17, 15) is 0 Å². The molecule has 0 saturated heterocycles. The molecular weight excluding hydrogens is 354 g/mol. The van der Waals surface area contributed by atoms with Crippen LogP contribution in [0.25, 0.3) is 0 Å². The van der Waals surface area contributed by atoms with Gasteiger partial charge in [-0.15, -0.1) is 0 Å². The maximum Gasteiger partial charge on any atom is 0.0408 e. The second-order valence-electron chi connectivity index (χ2n) is 5.16. The van der Waals surface area contributed by atoms with Crippen molar-refractivity contribution in [1.29, 1.82) is 0 Å². The van der Waals surface area contributed by atoms with E-state index in [0.717, 1.165) is 9.80 Å². The van der Waals surface area contributed by atoms with E-state index >= 15 is 0 Å². The van der Waals surface area contributed by atoms with Crippen LogP contribution in [0.2, 0.25) is 0 Å². The van der Waals surface area contributed by atoms with Crippen molar-refractivity contribution in [3.63, 3.8) is 0 Å². The summed E-state index contributed by atoms with van der Waals surface area (Å²) in [5.41, 5.74) is 2.75. The van der Waals surface area contributed by atoms with E-state index in [-0.39, 0.29) is 0 Å². The molecular formula is C15H21Br2N. The Hall–Kier alpha value is -0.0200. The van der Waals surface area contributed by atoms with Crippen LogP contribution in [0, 0.1) is 0 Å². The molecule has 0 unspecified atom stereocenters. The highest BCUT2D eigenvalue weighted by Gasteiger charge is 2.19. The Balaban J connectivity index is 2.18. The molecule has 1 aromatic rings. The number of anilines is 1. The molecule has 0 aliphatic heterocycles. The lowest BCUT2D eigenvalue weighted by molar-refractivity contribution is 0.552. The number of rotatable bonds is 3. The van der Waals surface area contributed by atoms with Crippen LogP contribution in [0.5, 0.6) is 0 Å². The highest BCUT2D eigenvalue weighted by molar-refractivity contribution is 9.10.